The zero-order valence-corrected chi connectivity index (χ0v) is 10.4. The molecule has 1 heterocycles. The van der Waals surface area contributed by atoms with E-state index in [1.54, 1.807) is 0 Å². The Balaban J connectivity index is 2.60. The number of nitrogens with two attached hydrogens (primary N) is 1. The lowest BCUT2D eigenvalue weighted by molar-refractivity contribution is 0.0374. The molecule has 0 amide bonds. The summed E-state index contributed by atoms with van der Waals surface area (Å²) in [6.07, 6.45) is 3.44. The normalized spacial score (nSPS) is 26.2. The average Bonchev–Trinajstić information content (AvgIpc) is 2.17. The first kappa shape index (κ1) is 12.9. The Morgan fingerprint density at radius 1 is 1.47 bits per heavy atom. The highest BCUT2D eigenvalue weighted by molar-refractivity contribution is 4.87. The van der Waals surface area contributed by atoms with Gasteiger partial charge in [-0.2, -0.15) is 0 Å². The first-order valence-electron chi connectivity index (χ1n) is 6.10. The first-order valence-corrected chi connectivity index (χ1v) is 6.10. The largest absolute Gasteiger partial charge is 0.395 e. The summed E-state index contributed by atoms with van der Waals surface area (Å²) in [5.41, 5.74) is 6.42. The topological polar surface area (TPSA) is 49.5 Å². The number of rotatable bonds is 4. The summed E-state index contributed by atoms with van der Waals surface area (Å²) in [5.74, 6) is 0. The van der Waals surface area contributed by atoms with Crippen molar-refractivity contribution in [3.05, 3.63) is 0 Å². The highest BCUT2D eigenvalue weighted by Crippen LogP contribution is 2.29. The third kappa shape index (κ3) is 3.44. The summed E-state index contributed by atoms with van der Waals surface area (Å²) in [6.45, 7) is 9.01. The maximum absolute atomic E-state index is 9.43. The molecule has 0 spiro atoms. The lowest BCUT2D eigenvalue weighted by Crippen LogP contribution is -2.54. The second kappa shape index (κ2) is 5.28. The number of hydrogen-bond acceptors (Lipinski definition) is 3. The Hall–Kier alpha value is -0.120. The fourth-order valence-electron chi connectivity index (χ4n) is 2.55. The highest BCUT2D eigenvalue weighted by atomic mass is 16.3. The Kier molecular flexibility index (Phi) is 4.56. The van der Waals surface area contributed by atoms with Crippen molar-refractivity contribution >= 4 is 0 Å². The number of hydrogen-bond donors (Lipinski definition) is 2. The van der Waals surface area contributed by atoms with E-state index in [4.69, 9.17) is 5.73 Å². The maximum atomic E-state index is 9.43. The highest BCUT2D eigenvalue weighted by Gasteiger charge is 2.32. The van der Waals surface area contributed by atoms with Crippen molar-refractivity contribution in [1.29, 1.82) is 0 Å². The van der Waals surface area contributed by atoms with Crippen molar-refractivity contribution in [3.63, 3.8) is 0 Å². The Bertz CT molecular complexity index is 194. The van der Waals surface area contributed by atoms with Crippen LogP contribution in [0.15, 0.2) is 0 Å². The van der Waals surface area contributed by atoms with Gasteiger partial charge in [-0.3, -0.25) is 4.90 Å². The van der Waals surface area contributed by atoms with E-state index >= 15 is 0 Å². The quantitative estimate of drug-likeness (QED) is 0.739. The number of likely N-dealkylation sites (tertiary alicyclic amines) is 1. The van der Waals surface area contributed by atoms with Crippen LogP contribution >= 0.6 is 0 Å². The van der Waals surface area contributed by atoms with Gasteiger partial charge in [-0.25, -0.2) is 0 Å². The van der Waals surface area contributed by atoms with Gasteiger partial charge >= 0.3 is 0 Å². The molecule has 90 valence electrons. The van der Waals surface area contributed by atoms with Gasteiger partial charge in [0.2, 0.25) is 0 Å². The van der Waals surface area contributed by atoms with Crippen molar-refractivity contribution in [1.82, 2.24) is 4.90 Å². The van der Waals surface area contributed by atoms with E-state index < -0.39 is 0 Å². The van der Waals surface area contributed by atoms with Crippen molar-refractivity contribution in [2.24, 2.45) is 11.1 Å². The van der Waals surface area contributed by atoms with Gasteiger partial charge < -0.3 is 10.8 Å². The zero-order chi connectivity index (χ0) is 11.5. The van der Waals surface area contributed by atoms with Crippen LogP contribution in [0.5, 0.6) is 0 Å². The van der Waals surface area contributed by atoms with Gasteiger partial charge in [-0.15, -0.1) is 0 Å². The molecule has 0 saturated carbocycles. The average molecular weight is 214 g/mol. The fourth-order valence-corrected chi connectivity index (χ4v) is 2.55. The molecular formula is C12H26N2O. The number of piperidine rings is 1. The summed E-state index contributed by atoms with van der Waals surface area (Å²) < 4.78 is 0. The minimum absolute atomic E-state index is 0.101. The molecule has 0 bridgehead atoms. The predicted molar refractivity (Wildman–Crippen MR) is 63.7 cm³/mol. The van der Waals surface area contributed by atoms with Crippen LogP contribution in [-0.4, -0.2) is 41.8 Å². The van der Waals surface area contributed by atoms with Crippen molar-refractivity contribution in [3.8, 4) is 0 Å². The van der Waals surface area contributed by atoms with Crippen molar-refractivity contribution in [2.45, 2.75) is 52.1 Å². The van der Waals surface area contributed by atoms with Crippen LogP contribution in [0.1, 0.15) is 40.0 Å². The van der Waals surface area contributed by atoms with Crippen molar-refractivity contribution in [2.75, 3.05) is 19.7 Å². The Labute approximate surface area is 93.6 Å². The van der Waals surface area contributed by atoms with Crippen LogP contribution in [0.2, 0.25) is 0 Å². The van der Waals surface area contributed by atoms with Gasteiger partial charge in [0, 0.05) is 18.6 Å². The summed E-state index contributed by atoms with van der Waals surface area (Å²) in [4.78, 5) is 2.37. The van der Waals surface area contributed by atoms with E-state index in [1.165, 1.54) is 12.8 Å². The summed E-state index contributed by atoms with van der Waals surface area (Å²) in [5, 5.41) is 9.43. The molecule has 0 aromatic rings. The maximum Gasteiger partial charge on any atom is 0.0601 e. The van der Waals surface area contributed by atoms with Crippen molar-refractivity contribution < 1.29 is 5.11 Å². The van der Waals surface area contributed by atoms with E-state index in [0.29, 0.717) is 5.41 Å². The number of nitrogens with zero attached hydrogens (tertiary/aromatic N) is 1. The molecule has 1 aliphatic rings. The van der Waals surface area contributed by atoms with Gasteiger partial charge in [0.15, 0.2) is 0 Å². The van der Waals surface area contributed by atoms with Crippen LogP contribution in [0.4, 0.5) is 0 Å². The van der Waals surface area contributed by atoms with Gasteiger partial charge in [-0.1, -0.05) is 20.8 Å². The van der Waals surface area contributed by atoms with Crippen LogP contribution < -0.4 is 5.73 Å². The fraction of sp³-hybridized carbons (Fsp3) is 1.00. The van der Waals surface area contributed by atoms with E-state index in [-0.39, 0.29) is 18.7 Å². The molecule has 1 rings (SSSR count). The van der Waals surface area contributed by atoms with Crippen LogP contribution in [-0.2, 0) is 0 Å². The second-order valence-corrected chi connectivity index (χ2v) is 5.56. The molecular weight excluding hydrogens is 188 g/mol. The molecule has 0 aromatic carbocycles. The molecule has 15 heavy (non-hydrogen) atoms. The molecule has 1 aliphatic heterocycles. The molecule has 1 fully saturated rings. The SMILES string of the molecule is CCC(N)C(CO)N1CCCC(C)(C)C1. The Morgan fingerprint density at radius 3 is 2.60 bits per heavy atom. The number of aliphatic hydroxyl groups is 1. The van der Waals surface area contributed by atoms with Gasteiger partial charge in [0.05, 0.1) is 6.61 Å². The molecule has 2 unspecified atom stereocenters. The smallest absolute Gasteiger partial charge is 0.0601 e. The molecule has 3 nitrogen and oxygen atoms in total. The molecule has 3 heteroatoms. The standard InChI is InChI=1S/C12H26N2O/c1-4-10(13)11(8-15)14-7-5-6-12(2,3)9-14/h10-11,15H,4-9,13H2,1-3H3. The Morgan fingerprint density at radius 2 is 2.13 bits per heavy atom. The molecule has 0 radical (unpaired) electrons. The van der Waals surface area contributed by atoms with E-state index in [9.17, 15) is 5.11 Å². The first-order chi connectivity index (χ1) is 7.00. The van der Waals surface area contributed by atoms with Crippen LogP contribution in [0, 0.1) is 5.41 Å². The molecule has 0 aromatic heterocycles. The predicted octanol–water partition coefficient (Wildman–Crippen LogP) is 1.21. The van der Waals surface area contributed by atoms with E-state index in [0.717, 1.165) is 19.5 Å². The number of aliphatic hydroxyl groups excluding tert-OH is 1. The minimum atomic E-state index is 0.101. The molecule has 3 N–H and O–H groups in total. The minimum Gasteiger partial charge on any atom is -0.395 e. The lowest BCUT2D eigenvalue weighted by atomic mass is 9.83. The molecule has 0 aliphatic carbocycles. The van der Waals surface area contributed by atoms with Crippen LogP contribution in [0.25, 0.3) is 0 Å². The van der Waals surface area contributed by atoms with Gasteiger partial charge in [-0.05, 0) is 31.2 Å². The van der Waals surface area contributed by atoms with E-state index in [1.807, 2.05) is 0 Å². The summed E-state index contributed by atoms with van der Waals surface area (Å²) >= 11 is 0. The molecule has 1 saturated heterocycles. The zero-order valence-electron chi connectivity index (χ0n) is 10.4. The van der Waals surface area contributed by atoms with Gasteiger partial charge in [0.1, 0.15) is 0 Å². The summed E-state index contributed by atoms with van der Waals surface area (Å²) in [6, 6.07) is 0.249. The summed E-state index contributed by atoms with van der Waals surface area (Å²) in [7, 11) is 0. The second-order valence-electron chi connectivity index (χ2n) is 5.56. The third-order valence-electron chi connectivity index (χ3n) is 3.55. The third-order valence-corrected chi connectivity index (χ3v) is 3.55. The van der Waals surface area contributed by atoms with E-state index in [2.05, 4.69) is 25.7 Å². The lowest BCUT2D eigenvalue weighted by Gasteiger charge is -2.43. The van der Waals surface area contributed by atoms with Gasteiger partial charge in [0.25, 0.3) is 0 Å². The monoisotopic (exact) mass is 214 g/mol. The van der Waals surface area contributed by atoms with Crippen LogP contribution in [0.3, 0.4) is 0 Å². The molecule has 2 atom stereocenters.